The summed E-state index contributed by atoms with van der Waals surface area (Å²) in [7, 11) is 0. The number of allylic oxidation sites excluding steroid dienone is 4. The van der Waals surface area contributed by atoms with Crippen molar-refractivity contribution in [2.75, 3.05) is 5.75 Å². The molecule has 0 amide bonds. The molecule has 0 bridgehead atoms. The van der Waals surface area contributed by atoms with Crippen LogP contribution in [0.3, 0.4) is 0 Å². The molecule has 0 spiro atoms. The average Bonchev–Trinajstić information content (AvgIpc) is 3.02. The first-order chi connectivity index (χ1) is 13.6. The van der Waals surface area contributed by atoms with E-state index in [1.54, 1.807) is 11.8 Å². The topological polar surface area (TPSA) is 63.6 Å². The Hall–Kier alpha value is -1.23. The van der Waals surface area contributed by atoms with Crippen LogP contribution < -0.4 is 0 Å². The standard InChI is InChI=1S/C23H38O4S/c1-3-5-6-7-8-10-14-19-16-17-20(27-22(26)13-4-2)23(19)28-18-12-9-11-15-21(24)25/h10,14,19H,3-9,11-13,15-18H2,1-2H3,(H,24,25)/b14-10+. The predicted octanol–water partition coefficient (Wildman–Crippen LogP) is 6.86. The van der Waals surface area contributed by atoms with Crippen molar-refractivity contribution < 1.29 is 19.4 Å². The van der Waals surface area contributed by atoms with Gasteiger partial charge in [0.15, 0.2) is 0 Å². The molecule has 0 saturated carbocycles. The first kappa shape index (κ1) is 24.8. The molecule has 0 aromatic heterocycles. The van der Waals surface area contributed by atoms with Gasteiger partial charge in [-0.05, 0) is 44.3 Å². The Kier molecular flexibility index (Phi) is 13.9. The van der Waals surface area contributed by atoms with Crippen LogP contribution in [0.15, 0.2) is 22.8 Å². The molecule has 0 aromatic carbocycles. The van der Waals surface area contributed by atoms with Crippen LogP contribution in [0, 0.1) is 5.92 Å². The number of hydrogen-bond acceptors (Lipinski definition) is 4. The first-order valence-electron chi connectivity index (χ1n) is 11.0. The summed E-state index contributed by atoms with van der Waals surface area (Å²) >= 11 is 1.79. The van der Waals surface area contributed by atoms with Crippen LogP contribution >= 0.6 is 11.8 Å². The summed E-state index contributed by atoms with van der Waals surface area (Å²) in [5.41, 5.74) is 0. The van der Waals surface area contributed by atoms with Gasteiger partial charge in [0.1, 0.15) is 5.76 Å². The number of carboxylic acid groups (broad SMARTS) is 1. The van der Waals surface area contributed by atoms with E-state index in [1.165, 1.54) is 30.6 Å². The van der Waals surface area contributed by atoms with Gasteiger partial charge in [0, 0.05) is 30.1 Å². The summed E-state index contributed by atoms with van der Waals surface area (Å²) in [5.74, 6) is 1.33. The van der Waals surface area contributed by atoms with Gasteiger partial charge in [0.2, 0.25) is 0 Å². The molecule has 0 aromatic rings. The second-order valence-electron chi connectivity index (χ2n) is 7.49. The molecule has 1 rings (SSSR count). The van der Waals surface area contributed by atoms with Gasteiger partial charge in [-0.15, -0.1) is 11.8 Å². The van der Waals surface area contributed by atoms with Crippen LogP contribution in [0.25, 0.3) is 0 Å². The number of carboxylic acids is 1. The minimum atomic E-state index is -0.722. The molecule has 0 saturated heterocycles. The number of hydrogen-bond donors (Lipinski definition) is 1. The van der Waals surface area contributed by atoms with E-state index >= 15 is 0 Å². The predicted molar refractivity (Wildman–Crippen MR) is 117 cm³/mol. The summed E-state index contributed by atoms with van der Waals surface area (Å²) in [5, 5.41) is 8.72. The number of thioether (sulfide) groups is 1. The maximum atomic E-state index is 12.0. The van der Waals surface area contributed by atoms with Gasteiger partial charge in [-0.3, -0.25) is 9.59 Å². The Bertz CT molecular complexity index is 525. The Balaban J connectivity index is 2.55. The molecule has 0 heterocycles. The summed E-state index contributed by atoms with van der Waals surface area (Å²) in [6.45, 7) is 4.22. The van der Waals surface area contributed by atoms with Crippen molar-refractivity contribution in [2.45, 2.75) is 97.3 Å². The van der Waals surface area contributed by atoms with Crippen LogP contribution in [-0.4, -0.2) is 22.8 Å². The van der Waals surface area contributed by atoms with Gasteiger partial charge in [0.25, 0.3) is 0 Å². The van der Waals surface area contributed by atoms with Gasteiger partial charge in [-0.1, -0.05) is 51.7 Å². The zero-order valence-corrected chi connectivity index (χ0v) is 18.5. The van der Waals surface area contributed by atoms with Gasteiger partial charge < -0.3 is 9.84 Å². The normalized spacial score (nSPS) is 16.9. The van der Waals surface area contributed by atoms with E-state index in [1.807, 2.05) is 6.92 Å². The maximum Gasteiger partial charge on any atom is 0.310 e. The van der Waals surface area contributed by atoms with E-state index in [4.69, 9.17) is 9.84 Å². The number of ether oxygens (including phenoxy) is 1. The zero-order chi connectivity index (χ0) is 20.6. The molecule has 0 radical (unpaired) electrons. The lowest BCUT2D eigenvalue weighted by molar-refractivity contribution is -0.140. The lowest BCUT2D eigenvalue weighted by Gasteiger charge is -2.12. The Morgan fingerprint density at radius 1 is 1.07 bits per heavy atom. The van der Waals surface area contributed by atoms with E-state index in [-0.39, 0.29) is 12.4 Å². The monoisotopic (exact) mass is 410 g/mol. The number of rotatable bonds is 16. The van der Waals surface area contributed by atoms with Gasteiger partial charge in [-0.2, -0.15) is 0 Å². The smallest absolute Gasteiger partial charge is 0.310 e. The van der Waals surface area contributed by atoms with Gasteiger partial charge in [0.05, 0.1) is 0 Å². The molecule has 1 N–H and O–H groups in total. The number of carbonyl (C=O) groups excluding carboxylic acids is 1. The molecule has 1 aliphatic carbocycles. The molecule has 0 aliphatic heterocycles. The van der Waals surface area contributed by atoms with Crippen LogP contribution in [-0.2, 0) is 14.3 Å². The lowest BCUT2D eigenvalue weighted by Crippen LogP contribution is -2.04. The van der Waals surface area contributed by atoms with Crippen molar-refractivity contribution in [1.82, 2.24) is 0 Å². The largest absolute Gasteiger partial charge is 0.481 e. The highest BCUT2D eigenvalue weighted by molar-refractivity contribution is 8.03. The SMILES string of the molecule is CCCCCC/C=C/C1CCC(OC(=O)CCC)=C1SCCCCCC(=O)O. The third-order valence-corrected chi connectivity index (χ3v) is 6.20. The molecule has 0 fully saturated rings. The van der Waals surface area contributed by atoms with Crippen molar-refractivity contribution in [3.05, 3.63) is 22.8 Å². The van der Waals surface area contributed by atoms with E-state index < -0.39 is 5.97 Å². The Morgan fingerprint density at radius 2 is 1.86 bits per heavy atom. The number of esters is 1. The fraction of sp³-hybridized carbons (Fsp3) is 0.739. The van der Waals surface area contributed by atoms with Gasteiger partial charge >= 0.3 is 11.9 Å². The van der Waals surface area contributed by atoms with E-state index in [0.717, 1.165) is 56.5 Å². The minimum absolute atomic E-state index is 0.124. The summed E-state index contributed by atoms with van der Waals surface area (Å²) in [4.78, 5) is 23.8. The molecular weight excluding hydrogens is 372 g/mol. The second kappa shape index (κ2) is 15.7. The molecule has 4 nitrogen and oxygen atoms in total. The Labute approximate surface area is 175 Å². The van der Waals surface area contributed by atoms with Crippen molar-refractivity contribution in [3.63, 3.8) is 0 Å². The molecule has 28 heavy (non-hydrogen) atoms. The average molecular weight is 411 g/mol. The van der Waals surface area contributed by atoms with Crippen LogP contribution in [0.2, 0.25) is 0 Å². The highest BCUT2D eigenvalue weighted by Crippen LogP contribution is 2.41. The quantitative estimate of drug-likeness (QED) is 0.171. The Morgan fingerprint density at radius 3 is 2.57 bits per heavy atom. The second-order valence-corrected chi connectivity index (χ2v) is 8.62. The third kappa shape index (κ3) is 10.9. The fourth-order valence-corrected chi connectivity index (χ4v) is 4.58. The fourth-order valence-electron chi connectivity index (χ4n) is 3.30. The van der Waals surface area contributed by atoms with Crippen LogP contribution in [0.4, 0.5) is 0 Å². The molecule has 1 atom stereocenters. The molecule has 1 unspecified atom stereocenters. The highest BCUT2D eigenvalue weighted by atomic mass is 32.2. The minimum Gasteiger partial charge on any atom is -0.481 e. The van der Waals surface area contributed by atoms with E-state index in [2.05, 4.69) is 19.1 Å². The molecular formula is C23H38O4S. The maximum absolute atomic E-state index is 12.0. The van der Waals surface area contributed by atoms with Crippen molar-refractivity contribution in [2.24, 2.45) is 5.92 Å². The van der Waals surface area contributed by atoms with Crippen LogP contribution in [0.5, 0.6) is 0 Å². The third-order valence-electron chi connectivity index (χ3n) is 4.87. The van der Waals surface area contributed by atoms with Crippen molar-refractivity contribution in [1.29, 1.82) is 0 Å². The summed E-state index contributed by atoms with van der Waals surface area (Å²) in [6.07, 6.45) is 16.8. The number of carbonyl (C=O) groups is 2. The van der Waals surface area contributed by atoms with Crippen molar-refractivity contribution in [3.8, 4) is 0 Å². The number of aliphatic carboxylic acids is 1. The highest BCUT2D eigenvalue weighted by Gasteiger charge is 2.26. The molecule has 160 valence electrons. The number of unbranched alkanes of at least 4 members (excludes halogenated alkanes) is 6. The molecule has 5 heteroatoms. The van der Waals surface area contributed by atoms with Gasteiger partial charge in [-0.25, -0.2) is 0 Å². The van der Waals surface area contributed by atoms with Crippen molar-refractivity contribution >= 4 is 23.7 Å². The summed E-state index contributed by atoms with van der Waals surface area (Å²) < 4.78 is 5.67. The van der Waals surface area contributed by atoms with Crippen LogP contribution in [0.1, 0.15) is 97.3 Å². The summed E-state index contributed by atoms with van der Waals surface area (Å²) in [6, 6.07) is 0. The zero-order valence-electron chi connectivity index (χ0n) is 17.7. The van der Waals surface area contributed by atoms with E-state index in [9.17, 15) is 9.59 Å². The van der Waals surface area contributed by atoms with E-state index in [0.29, 0.717) is 12.3 Å². The first-order valence-corrected chi connectivity index (χ1v) is 12.0. The lowest BCUT2D eigenvalue weighted by atomic mass is 10.1. The molecule has 1 aliphatic rings.